The number of hydrogen-bond acceptors (Lipinski definition) is 2. The van der Waals surface area contributed by atoms with Gasteiger partial charge < -0.3 is 21.4 Å². The molecule has 0 saturated heterocycles. The van der Waals surface area contributed by atoms with Gasteiger partial charge >= 0.3 is 0 Å². The molecule has 0 saturated carbocycles. The molecule has 0 N–H and O–H groups in total. The lowest BCUT2D eigenvalue weighted by atomic mass is 10.0. The molecule has 5 aromatic rings. The van der Waals surface area contributed by atoms with Crippen LogP contribution in [0, 0.1) is 6.92 Å². The number of hydrogen-bond donors (Lipinski definition) is 0. The van der Waals surface area contributed by atoms with Gasteiger partial charge in [0.2, 0.25) is 5.78 Å². The maximum absolute atomic E-state index is 12.7. The Balaban J connectivity index is 0.00000245. The van der Waals surface area contributed by atoms with Gasteiger partial charge in [0.05, 0.1) is 0 Å². The molecule has 4 nitrogen and oxygen atoms in total. The summed E-state index contributed by atoms with van der Waals surface area (Å²) in [6, 6.07) is 22.1. The number of halogens is 2. The summed E-state index contributed by atoms with van der Waals surface area (Å²) >= 11 is 3.41. The lowest BCUT2D eigenvalue weighted by molar-refractivity contribution is -0.688. The summed E-state index contributed by atoms with van der Waals surface area (Å²) in [5, 5.41) is 2.26. The molecule has 0 spiro atoms. The van der Waals surface area contributed by atoms with Crippen LogP contribution in [0.2, 0.25) is 0 Å². The summed E-state index contributed by atoms with van der Waals surface area (Å²) in [4.78, 5) is 12.7. The summed E-state index contributed by atoms with van der Waals surface area (Å²) < 4.78 is 11.1. The number of aromatic nitrogens is 2. The number of ketones is 1. The van der Waals surface area contributed by atoms with Gasteiger partial charge in [0, 0.05) is 27.7 Å². The molecule has 1 unspecified atom stereocenters. The van der Waals surface area contributed by atoms with E-state index in [1.54, 1.807) is 0 Å². The molecule has 0 fully saturated rings. The molecule has 32 heavy (non-hydrogen) atoms. The average Bonchev–Trinajstić information content (AvgIpc) is 3.33. The minimum absolute atomic E-state index is 0. The van der Waals surface area contributed by atoms with E-state index in [0.717, 1.165) is 32.2 Å². The Labute approximate surface area is 205 Å². The molecule has 3 aromatic carbocycles. The number of carbonyl (C=O) groups excluding carboxylic acids is 1. The molecule has 6 heteroatoms. The maximum atomic E-state index is 12.7. The van der Waals surface area contributed by atoms with Crippen LogP contribution in [0.1, 0.15) is 34.7 Å². The molecule has 0 aliphatic rings. The summed E-state index contributed by atoms with van der Waals surface area (Å²) in [5.74, 6) is 1.13. The van der Waals surface area contributed by atoms with E-state index >= 15 is 0 Å². The van der Waals surface area contributed by atoms with Crippen molar-refractivity contribution in [2.45, 2.75) is 26.4 Å². The van der Waals surface area contributed by atoms with Crippen molar-refractivity contribution in [1.29, 1.82) is 0 Å². The second-order valence-electron chi connectivity index (χ2n) is 7.84. The van der Waals surface area contributed by atoms with Gasteiger partial charge in [-0.3, -0.25) is 4.79 Å². The van der Waals surface area contributed by atoms with E-state index < -0.39 is 0 Å². The number of imidazole rings is 1. The van der Waals surface area contributed by atoms with Crippen LogP contribution in [0.3, 0.4) is 0 Å². The van der Waals surface area contributed by atoms with Gasteiger partial charge in [-0.15, -0.1) is 0 Å². The second-order valence-corrected chi connectivity index (χ2v) is 8.76. The zero-order valence-electron chi connectivity index (χ0n) is 17.8. The van der Waals surface area contributed by atoms with E-state index in [4.69, 9.17) is 4.42 Å². The summed E-state index contributed by atoms with van der Waals surface area (Å²) in [6.07, 6.45) is 4.03. The number of nitrogens with zero attached hydrogens (tertiary/aromatic N) is 2. The SMILES string of the molecule is Cc1n(C(C)c2ccc3oc4ccccc4c3c2)cc[n+]1CC(=O)c1ccc(Br)cc1.[Br-]. The van der Waals surface area contributed by atoms with Crippen molar-refractivity contribution in [3.8, 4) is 0 Å². The van der Waals surface area contributed by atoms with Crippen LogP contribution < -0.4 is 21.5 Å². The van der Waals surface area contributed by atoms with Crippen LogP contribution >= 0.6 is 15.9 Å². The maximum Gasteiger partial charge on any atom is 0.254 e. The zero-order valence-corrected chi connectivity index (χ0v) is 20.9. The topological polar surface area (TPSA) is 39.0 Å². The minimum atomic E-state index is 0. The van der Waals surface area contributed by atoms with E-state index in [9.17, 15) is 4.79 Å². The van der Waals surface area contributed by atoms with Crippen LogP contribution in [0.5, 0.6) is 0 Å². The molecular formula is C26H22Br2N2O2. The molecular weight excluding hydrogens is 532 g/mol. The van der Waals surface area contributed by atoms with Gasteiger partial charge in [0.1, 0.15) is 29.6 Å². The van der Waals surface area contributed by atoms with Gasteiger partial charge in [-0.05, 0) is 42.8 Å². The molecule has 0 amide bonds. The highest BCUT2D eigenvalue weighted by Crippen LogP contribution is 2.31. The molecule has 0 aliphatic carbocycles. The molecule has 0 aliphatic heterocycles. The third-order valence-electron chi connectivity index (χ3n) is 5.98. The highest BCUT2D eigenvalue weighted by Gasteiger charge is 2.22. The first kappa shape index (κ1) is 22.5. The van der Waals surface area contributed by atoms with Crippen LogP contribution in [0.25, 0.3) is 21.9 Å². The first-order valence-electron chi connectivity index (χ1n) is 10.3. The van der Waals surface area contributed by atoms with Gasteiger partial charge in [-0.2, -0.15) is 0 Å². The zero-order chi connectivity index (χ0) is 21.5. The Bertz CT molecular complexity index is 1420. The Morgan fingerprint density at radius 3 is 2.53 bits per heavy atom. The molecule has 0 radical (unpaired) electrons. The first-order chi connectivity index (χ1) is 15.0. The Morgan fingerprint density at radius 1 is 1.03 bits per heavy atom. The summed E-state index contributed by atoms with van der Waals surface area (Å²) in [5.41, 5.74) is 3.72. The predicted octanol–water partition coefficient (Wildman–Crippen LogP) is 3.24. The van der Waals surface area contributed by atoms with E-state index in [-0.39, 0.29) is 28.8 Å². The molecule has 0 bridgehead atoms. The van der Waals surface area contributed by atoms with Crippen LogP contribution in [-0.4, -0.2) is 10.4 Å². The quantitative estimate of drug-likeness (QED) is 0.248. The third kappa shape index (κ3) is 4.05. The fourth-order valence-corrected chi connectivity index (χ4v) is 4.40. The molecule has 5 rings (SSSR count). The first-order valence-corrected chi connectivity index (χ1v) is 11.1. The molecule has 1 atom stereocenters. The number of benzene rings is 3. The highest BCUT2D eigenvalue weighted by molar-refractivity contribution is 9.10. The lowest BCUT2D eigenvalue weighted by Crippen LogP contribution is -3.00. The van der Waals surface area contributed by atoms with Gasteiger partial charge in [0.15, 0.2) is 6.54 Å². The number of furan rings is 1. The fourth-order valence-electron chi connectivity index (χ4n) is 4.14. The van der Waals surface area contributed by atoms with Gasteiger partial charge in [-0.25, -0.2) is 9.13 Å². The van der Waals surface area contributed by atoms with Crippen molar-refractivity contribution < 1.29 is 30.8 Å². The minimum Gasteiger partial charge on any atom is -1.00 e. The summed E-state index contributed by atoms with van der Waals surface area (Å²) in [7, 11) is 0. The Kier molecular flexibility index (Phi) is 6.35. The molecule has 2 heterocycles. The van der Waals surface area contributed by atoms with Crippen molar-refractivity contribution >= 4 is 43.7 Å². The van der Waals surface area contributed by atoms with Crippen molar-refractivity contribution in [1.82, 2.24) is 4.57 Å². The molecule has 2 aromatic heterocycles. The van der Waals surface area contributed by atoms with Crippen molar-refractivity contribution in [3.05, 3.63) is 101 Å². The number of para-hydroxylation sites is 1. The van der Waals surface area contributed by atoms with E-state index in [1.807, 2.05) is 65.5 Å². The lowest BCUT2D eigenvalue weighted by Gasteiger charge is -2.11. The standard InChI is InChI=1S/C26H22BrN2O2.BrH/c1-17(20-9-12-26-23(15-20)22-5-3-4-6-25(22)31-26)29-14-13-28(18(29)2)16-24(30)19-7-10-21(27)11-8-19;/h3-15,17H,16H2,1-2H3;1H/q+1;/p-1. The smallest absolute Gasteiger partial charge is 0.254 e. The Hall–Kier alpha value is -2.70. The van der Waals surface area contributed by atoms with Crippen molar-refractivity contribution in [2.24, 2.45) is 0 Å². The number of fused-ring (bicyclic) bond motifs is 3. The number of carbonyl (C=O) groups is 1. The van der Waals surface area contributed by atoms with Gasteiger partial charge in [0.25, 0.3) is 5.82 Å². The molecule has 162 valence electrons. The summed E-state index contributed by atoms with van der Waals surface area (Å²) in [6.45, 7) is 4.55. The van der Waals surface area contributed by atoms with Crippen molar-refractivity contribution in [2.75, 3.05) is 0 Å². The van der Waals surface area contributed by atoms with Crippen LogP contribution in [0.4, 0.5) is 0 Å². The highest BCUT2D eigenvalue weighted by atomic mass is 79.9. The van der Waals surface area contributed by atoms with Crippen molar-refractivity contribution in [3.63, 3.8) is 0 Å². The fraction of sp³-hybridized carbons (Fsp3) is 0.154. The van der Waals surface area contributed by atoms with Crippen LogP contribution in [-0.2, 0) is 6.54 Å². The third-order valence-corrected chi connectivity index (χ3v) is 6.51. The van der Waals surface area contributed by atoms with E-state index in [1.165, 1.54) is 5.56 Å². The van der Waals surface area contributed by atoms with Crippen LogP contribution in [0.15, 0.2) is 88.0 Å². The number of rotatable bonds is 5. The predicted molar refractivity (Wildman–Crippen MR) is 125 cm³/mol. The number of Topliss-reactive ketones (excluding diaryl/α,β-unsaturated/α-hetero) is 1. The normalized spacial score (nSPS) is 12.1. The van der Waals surface area contributed by atoms with Gasteiger partial charge in [-0.1, -0.05) is 52.3 Å². The van der Waals surface area contributed by atoms with E-state index in [0.29, 0.717) is 12.1 Å². The van der Waals surface area contributed by atoms with E-state index in [2.05, 4.69) is 52.5 Å². The second kappa shape index (κ2) is 9.04. The Morgan fingerprint density at radius 2 is 1.75 bits per heavy atom. The average molecular weight is 554 g/mol. The monoisotopic (exact) mass is 552 g/mol. The largest absolute Gasteiger partial charge is 1.00 e.